The van der Waals surface area contributed by atoms with Crippen LogP contribution in [0.3, 0.4) is 0 Å². The number of benzene rings is 1. The topological polar surface area (TPSA) is 64.3 Å². The van der Waals surface area contributed by atoms with Gasteiger partial charge in [-0.1, -0.05) is 32.0 Å². The maximum atomic E-state index is 12.0. The zero-order valence-electron chi connectivity index (χ0n) is 11.5. The van der Waals surface area contributed by atoms with E-state index < -0.39 is 6.10 Å². The molecule has 3 N–H and O–H groups in total. The summed E-state index contributed by atoms with van der Waals surface area (Å²) in [5.41, 5.74) is 8.52. The third kappa shape index (κ3) is 3.31. The van der Waals surface area contributed by atoms with Crippen LogP contribution in [0.5, 0.6) is 0 Å². The highest BCUT2D eigenvalue weighted by Gasteiger charge is 2.18. The van der Waals surface area contributed by atoms with Crippen LogP contribution in [0, 0.1) is 6.92 Å². The van der Waals surface area contributed by atoms with E-state index in [4.69, 9.17) is 10.5 Å². The average Bonchev–Trinajstić information content (AvgIpc) is 2.33. The Kier molecular flexibility index (Phi) is 5.31. The molecule has 1 atom stereocenters. The maximum absolute atomic E-state index is 12.0. The van der Waals surface area contributed by atoms with Crippen molar-refractivity contribution in [3.63, 3.8) is 0 Å². The normalized spacial score (nSPS) is 12.6. The predicted molar refractivity (Wildman–Crippen MR) is 73.7 cm³/mol. The lowest BCUT2D eigenvalue weighted by Crippen LogP contribution is -2.36. The number of anilines is 1. The van der Waals surface area contributed by atoms with Crippen LogP contribution < -0.4 is 11.1 Å². The van der Waals surface area contributed by atoms with E-state index in [-0.39, 0.29) is 12.5 Å². The molecule has 0 heterocycles. The van der Waals surface area contributed by atoms with Crippen LogP contribution in [0.25, 0.3) is 0 Å². The van der Waals surface area contributed by atoms with Crippen molar-refractivity contribution < 1.29 is 9.53 Å². The molecule has 4 heteroatoms. The molecule has 18 heavy (non-hydrogen) atoms. The molecule has 0 fully saturated rings. The van der Waals surface area contributed by atoms with E-state index >= 15 is 0 Å². The Morgan fingerprint density at radius 3 is 2.61 bits per heavy atom. The summed E-state index contributed by atoms with van der Waals surface area (Å²) in [7, 11) is 1.48. The van der Waals surface area contributed by atoms with Crippen molar-refractivity contribution in [3.8, 4) is 0 Å². The summed E-state index contributed by atoms with van der Waals surface area (Å²) >= 11 is 0. The number of amides is 1. The van der Waals surface area contributed by atoms with Crippen LogP contribution in [-0.2, 0) is 9.53 Å². The van der Waals surface area contributed by atoms with E-state index in [1.807, 2.05) is 25.1 Å². The minimum absolute atomic E-state index is 0.172. The van der Waals surface area contributed by atoms with Gasteiger partial charge in [0.2, 0.25) is 0 Å². The van der Waals surface area contributed by atoms with Crippen LogP contribution >= 0.6 is 0 Å². The van der Waals surface area contributed by atoms with Gasteiger partial charge in [0, 0.05) is 19.3 Å². The SMILES string of the molecule is COC(CN)C(=O)Nc1c(C)cccc1C(C)C. The maximum Gasteiger partial charge on any atom is 0.254 e. The Balaban J connectivity index is 2.99. The molecule has 1 unspecified atom stereocenters. The van der Waals surface area contributed by atoms with Gasteiger partial charge in [-0.05, 0) is 24.0 Å². The highest BCUT2D eigenvalue weighted by atomic mass is 16.5. The Morgan fingerprint density at radius 2 is 2.11 bits per heavy atom. The molecule has 0 saturated heterocycles. The summed E-state index contributed by atoms with van der Waals surface area (Å²) in [6.45, 7) is 6.35. The van der Waals surface area contributed by atoms with E-state index in [1.165, 1.54) is 7.11 Å². The van der Waals surface area contributed by atoms with Crippen molar-refractivity contribution in [1.82, 2.24) is 0 Å². The summed E-state index contributed by atoms with van der Waals surface area (Å²) in [6, 6.07) is 6.00. The summed E-state index contributed by atoms with van der Waals surface area (Å²) in [5, 5.41) is 2.92. The van der Waals surface area contributed by atoms with Crippen molar-refractivity contribution in [2.45, 2.75) is 32.8 Å². The van der Waals surface area contributed by atoms with Crippen LogP contribution in [0.4, 0.5) is 5.69 Å². The van der Waals surface area contributed by atoms with Gasteiger partial charge in [-0.25, -0.2) is 0 Å². The molecule has 0 aliphatic heterocycles. The molecule has 0 saturated carbocycles. The second-order valence-corrected chi connectivity index (χ2v) is 4.64. The van der Waals surface area contributed by atoms with Gasteiger partial charge in [-0.2, -0.15) is 0 Å². The second kappa shape index (κ2) is 6.52. The number of nitrogens with one attached hydrogen (secondary N) is 1. The van der Waals surface area contributed by atoms with E-state index in [0.29, 0.717) is 5.92 Å². The number of rotatable bonds is 5. The number of nitrogens with two attached hydrogens (primary N) is 1. The van der Waals surface area contributed by atoms with Crippen molar-refractivity contribution in [3.05, 3.63) is 29.3 Å². The quantitative estimate of drug-likeness (QED) is 0.840. The largest absolute Gasteiger partial charge is 0.370 e. The van der Waals surface area contributed by atoms with Gasteiger partial charge in [0.1, 0.15) is 6.10 Å². The molecule has 0 aliphatic rings. The van der Waals surface area contributed by atoms with Gasteiger partial charge in [0.15, 0.2) is 0 Å². The van der Waals surface area contributed by atoms with Crippen LogP contribution in [0.15, 0.2) is 18.2 Å². The lowest BCUT2D eigenvalue weighted by molar-refractivity contribution is -0.125. The smallest absolute Gasteiger partial charge is 0.254 e. The van der Waals surface area contributed by atoms with Crippen molar-refractivity contribution in [1.29, 1.82) is 0 Å². The second-order valence-electron chi connectivity index (χ2n) is 4.64. The van der Waals surface area contributed by atoms with Gasteiger partial charge in [0.05, 0.1) is 0 Å². The molecule has 100 valence electrons. The first-order valence-electron chi connectivity index (χ1n) is 6.14. The van der Waals surface area contributed by atoms with E-state index in [2.05, 4.69) is 19.2 Å². The van der Waals surface area contributed by atoms with Crippen LogP contribution in [0.2, 0.25) is 0 Å². The molecule has 0 spiro atoms. The highest BCUT2D eigenvalue weighted by molar-refractivity contribution is 5.95. The number of carbonyl (C=O) groups excluding carboxylic acids is 1. The number of para-hydroxylation sites is 1. The highest BCUT2D eigenvalue weighted by Crippen LogP contribution is 2.27. The van der Waals surface area contributed by atoms with Crippen molar-refractivity contribution in [2.24, 2.45) is 5.73 Å². The molecule has 1 rings (SSSR count). The fourth-order valence-corrected chi connectivity index (χ4v) is 1.86. The Labute approximate surface area is 109 Å². The summed E-state index contributed by atoms with van der Waals surface area (Å²) in [4.78, 5) is 12.0. The zero-order valence-corrected chi connectivity index (χ0v) is 11.5. The van der Waals surface area contributed by atoms with Crippen LogP contribution in [-0.4, -0.2) is 25.7 Å². The van der Waals surface area contributed by atoms with Crippen molar-refractivity contribution in [2.75, 3.05) is 19.0 Å². The molecule has 1 aromatic carbocycles. The molecule has 1 aromatic rings. The number of hydrogen-bond acceptors (Lipinski definition) is 3. The van der Waals surface area contributed by atoms with E-state index in [0.717, 1.165) is 16.8 Å². The van der Waals surface area contributed by atoms with Gasteiger partial charge in [0.25, 0.3) is 5.91 Å². The predicted octanol–water partition coefficient (Wildman–Crippen LogP) is 2.03. The Hall–Kier alpha value is -1.39. The van der Waals surface area contributed by atoms with Gasteiger partial charge in [-0.15, -0.1) is 0 Å². The fourth-order valence-electron chi connectivity index (χ4n) is 1.86. The number of aryl methyl sites for hydroxylation is 1. The van der Waals surface area contributed by atoms with E-state index in [9.17, 15) is 4.79 Å². The number of hydrogen-bond donors (Lipinski definition) is 2. The monoisotopic (exact) mass is 250 g/mol. The van der Waals surface area contributed by atoms with Crippen molar-refractivity contribution >= 4 is 11.6 Å². The molecule has 0 aliphatic carbocycles. The number of carbonyl (C=O) groups is 1. The standard InChI is InChI=1S/C14H22N2O2/c1-9(2)11-7-5-6-10(3)13(11)16-14(17)12(8-15)18-4/h5-7,9,12H,8,15H2,1-4H3,(H,16,17). The first-order chi connectivity index (χ1) is 8.51. The molecular weight excluding hydrogens is 228 g/mol. The van der Waals surface area contributed by atoms with Gasteiger partial charge >= 0.3 is 0 Å². The zero-order chi connectivity index (χ0) is 13.7. The molecule has 1 amide bonds. The molecule has 0 aromatic heterocycles. The lowest BCUT2D eigenvalue weighted by atomic mass is 9.98. The fraction of sp³-hybridized carbons (Fsp3) is 0.500. The lowest BCUT2D eigenvalue weighted by Gasteiger charge is -2.19. The number of ether oxygens (including phenoxy) is 1. The first-order valence-corrected chi connectivity index (χ1v) is 6.14. The molecule has 0 bridgehead atoms. The summed E-state index contributed by atoms with van der Waals surface area (Å²) in [6.07, 6.45) is -0.607. The third-order valence-electron chi connectivity index (χ3n) is 2.97. The minimum Gasteiger partial charge on any atom is -0.370 e. The molecule has 4 nitrogen and oxygen atoms in total. The van der Waals surface area contributed by atoms with Gasteiger partial charge < -0.3 is 15.8 Å². The van der Waals surface area contributed by atoms with Gasteiger partial charge in [-0.3, -0.25) is 4.79 Å². The first kappa shape index (κ1) is 14.7. The third-order valence-corrected chi connectivity index (χ3v) is 2.97. The Morgan fingerprint density at radius 1 is 1.44 bits per heavy atom. The average molecular weight is 250 g/mol. The molecule has 0 radical (unpaired) electrons. The summed E-state index contributed by atoms with van der Waals surface area (Å²) < 4.78 is 5.04. The summed E-state index contributed by atoms with van der Waals surface area (Å²) in [5.74, 6) is 0.148. The molecular formula is C14H22N2O2. The minimum atomic E-state index is -0.607. The van der Waals surface area contributed by atoms with Crippen LogP contribution in [0.1, 0.15) is 30.9 Å². The number of methoxy groups -OCH3 is 1. The Bertz CT molecular complexity index is 412. The van der Waals surface area contributed by atoms with E-state index in [1.54, 1.807) is 0 Å².